The number of nitrogens with two attached hydrogens (primary N) is 1. The van der Waals surface area contributed by atoms with Crippen molar-refractivity contribution in [3.05, 3.63) is 135 Å². The predicted octanol–water partition coefficient (Wildman–Crippen LogP) is 7.31. The maximum Gasteiger partial charge on any atom is 0.254 e. The van der Waals surface area contributed by atoms with Gasteiger partial charge in [0, 0.05) is 39.5 Å². The molecule has 2 N–H and O–H groups in total. The van der Waals surface area contributed by atoms with Crippen LogP contribution in [0.15, 0.2) is 85.2 Å². The molecule has 6 nitrogen and oxygen atoms in total. The Kier molecular flexibility index (Phi) is 8.33. The van der Waals surface area contributed by atoms with Crippen molar-refractivity contribution in [2.24, 2.45) is 0 Å². The lowest BCUT2D eigenvalue weighted by atomic mass is 9.97. The van der Waals surface area contributed by atoms with Crippen LogP contribution < -0.4 is 5.73 Å². The largest absolute Gasteiger partial charge is 0.399 e. The number of anilines is 1. The van der Waals surface area contributed by atoms with Crippen LogP contribution in [0, 0.1) is 18.6 Å². The first-order valence-corrected chi connectivity index (χ1v) is 13.4. The van der Waals surface area contributed by atoms with Gasteiger partial charge in [-0.15, -0.1) is 10.2 Å². The van der Waals surface area contributed by atoms with Gasteiger partial charge < -0.3 is 15.2 Å². The van der Waals surface area contributed by atoms with Crippen LogP contribution in [0.1, 0.15) is 32.9 Å². The van der Waals surface area contributed by atoms with Crippen molar-refractivity contribution in [2.75, 3.05) is 5.73 Å². The van der Waals surface area contributed by atoms with Crippen LogP contribution in [-0.2, 0) is 19.6 Å². The Balaban J connectivity index is 1.50. The predicted molar refractivity (Wildman–Crippen MR) is 157 cm³/mol. The fourth-order valence-electron chi connectivity index (χ4n) is 4.54. The molecule has 0 saturated carbocycles. The maximum atomic E-state index is 14.7. The number of hydrogen-bond acceptors (Lipinski definition) is 4. The van der Waals surface area contributed by atoms with E-state index in [-0.39, 0.29) is 24.6 Å². The van der Waals surface area contributed by atoms with Gasteiger partial charge in [0.1, 0.15) is 18.0 Å². The molecule has 5 rings (SSSR count). The number of nitrogens with zero attached hydrogens (tertiary/aromatic N) is 4. The van der Waals surface area contributed by atoms with Crippen LogP contribution in [0.5, 0.6) is 0 Å². The van der Waals surface area contributed by atoms with E-state index in [1.807, 2.05) is 25.1 Å². The Morgan fingerprint density at radius 2 is 1.66 bits per heavy atom. The molecule has 0 spiro atoms. The first-order valence-electron chi connectivity index (χ1n) is 12.7. The number of carbonyl (C=O) groups excluding carboxylic acids is 1. The molecule has 1 aromatic heterocycles. The van der Waals surface area contributed by atoms with Gasteiger partial charge in [0.2, 0.25) is 0 Å². The second kappa shape index (κ2) is 12.1. The number of amides is 1. The van der Waals surface area contributed by atoms with Crippen LogP contribution in [0.3, 0.4) is 0 Å². The van der Waals surface area contributed by atoms with Gasteiger partial charge in [-0.1, -0.05) is 47.5 Å². The third kappa shape index (κ3) is 6.73. The smallest absolute Gasteiger partial charge is 0.254 e. The molecule has 1 amide bonds. The lowest BCUT2D eigenvalue weighted by molar-refractivity contribution is 0.0722. The second-order valence-electron chi connectivity index (χ2n) is 9.70. The van der Waals surface area contributed by atoms with Gasteiger partial charge in [-0.05, 0) is 77.7 Å². The molecule has 0 unspecified atom stereocenters. The quantitative estimate of drug-likeness (QED) is 0.192. The molecule has 0 aliphatic rings. The van der Waals surface area contributed by atoms with Crippen molar-refractivity contribution in [3.63, 3.8) is 0 Å². The average molecular weight is 592 g/mol. The Labute approximate surface area is 246 Å². The number of nitrogen functional groups attached to an aromatic ring is 1. The summed E-state index contributed by atoms with van der Waals surface area (Å²) in [6, 6.07) is 21.2. The number of carbonyl (C=O) groups is 1. The van der Waals surface area contributed by atoms with Gasteiger partial charge in [0.15, 0.2) is 5.82 Å². The molecule has 41 heavy (non-hydrogen) atoms. The minimum Gasteiger partial charge on any atom is -0.399 e. The van der Waals surface area contributed by atoms with Crippen molar-refractivity contribution >= 4 is 34.8 Å². The highest BCUT2D eigenvalue weighted by Gasteiger charge is 2.22. The molecule has 5 aromatic rings. The molecular weight excluding hydrogens is 567 g/mol. The number of halogens is 4. The molecule has 0 radical (unpaired) electrons. The molecule has 0 saturated heterocycles. The minimum absolute atomic E-state index is 0.0246. The van der Waals surface area contributed by atoms with Gasteiger partial charge in [-0.2, -0.15) is 0 Å². The zero-order valence-electron chi connectivity index (χ0n) is 22.0. The van der Waals surface area contributed by atoms with Crippen LogP contribution >= 0.6 is 23.2 Å². The van der Waals surface area contributed by atoms with Crippen molar-refractivity contribution in [3.8, 4) is 11.1 Å². The van der Waals surface area contributed by atoms with E-state index in [0.29, 0.717) is 33.7 Å². The molecule has 208 valence electrons. The third-order valence-electron chi connectivity index (χ3n) is 6.68. The Hall–Kier alpha value is -4.27. The highest BCUT2D eigenvalue weighted by molar-refractivity contribution is 6.35. The van der Waals surface area contributed by atoms with Crippen molar-refractivity contribution < 1.29 is 13.6 Å². The fourth-order valence-corrected chi connectivity index (χ4v) is 5.06. The number of hydrogen-bond donors (Lipinski definition) is 1. The van der Waals surface area contributed by atoms with E-state index in [1.54, 1.807) is 53.4 Å². The SMILES string of the molecule is Cc1ccc(C(=O)N(Cc2ccc(F)cc2F)Cc2nncn2Cc2ccc(N)cc2)cc1-c1cc(Cl)cc(Cl)c1. The van der Waals surface area contributed by atoms with E-state index in [9.17, 15) is 13.6 Å². The van der Waals surface area contributed by atoms with E-state index in [4.69, 9.17) is 28.9 Å². The second-order valence-corrected chi connectivity index (χ2v) is 10.6. The summed E-state index contributed by atoms with van der Waals surface area (Å²) in [5, 5.41) is 9.21. The summed E-state index contributed by atoms with van der Waals surface area (Å²) in [5.41, 5.74) is 10.4. The molecule has 1 heterocycles. The Morgan fingerprint density at radius 1 is 0.927 bits per heavy atom. The van der Waals surface area contributed by atoms with Crippen LogP contribution in [0.25, 0.3) is 11.1 Å². The van der Waals surface area contributed by atoms with E-state index < -0.39 is 11.6 Å². The standard InChI is InChI=1S/C31H25Cl2F2N5O/c1-19-2-5-21(12-28(19)23-10-24(32)13-25(33)11-23)31(41)39(16-22-6-7-26(34)14-29(22)35)17-30-38-37-18-40(30)15-20-3-8-27(36)9-4-20/h2-14,18H,15-17,36H2,1H3. The van der Waals surface area contributed by atoms with Crippen molar-refractivity contribution in [1.29, 1.82) is 0 Å². The van der Waals surface area contributed by atoms with E-state index in [0.717, 1.165) is 34.4 Å². The van der Waals surface area contributed by atoms with Crippen LogP contribution in [-0.4, -0.2) is 25.6 Å². The van der Waals surface area contributed by atoms with E-state index >= 15 is 0 Å². The van der Waals surface area contributed by atoms with Gasteiger partial charge >= 0.3 is 0 Å². The maximum absolute atomic E-state index is 14.7. The summed E-state index contributed by atoms with van der Waals surface area (Å²) in [7, 11) is 0. The summed E-state index contributed by atoms with van der Waals surface area (Å²) in [6.45, 7) is 2.27. The summed E-state index contributed by atoms with van der Waals surface area (Å²) in [6.07, 6.45) is 1.57. The summed E-state index contributed by atoms with van der Waals surface area (Å²) in [4.78, 5) is 15.5. The number of aromatic nitrogens is 3. The summed E-state index contributed by atoms with van der Waals surface area (Å²) < 4.78 is 30.2. The third-order valence-corrected chi connectivity index (χ3v) is 7.12. The lowest BCUT2D eigenvalue weighted by Gasteiger charge is -2.24. The fraction of sp³-hybridized carbons (Fsp3) is 0.129. The average Bonchev–Trinajstić information content (AvgIpc) is 3.36. The monoisotopic (exact) mass is 591 g/mol. The van der Waals surface area contributed by atoms with E-state index in [1.165, 1.54) is 11.0 Å². The van der Waals surface area contributed by atoms with Gasteiger partial charge in [0.25, 0.3) is 5.91 Å². The van der Waals surface area contributed by atoms with Crippen LogP contribution in [0.2, 0.25) is 10.0 Å². The minimum atomic E-state index is -0.746. The number of aryl methyl sites for hydroxylation is 1. The highest BCUT2D eigenvalue weighted by Crippen LogP contribution is 2.31. The molecule has 0 aliphatic heterocycles. The summed E-state index contributed by atoms with van der Waals surface area (Å²) >= 11 is 12.5. The molecule has 0 fully saturated rings. The van der Waals surface area contributed by atoms with Gasteiger partial charge in [0.05, 0.1) is 13.1 Å². The van der Waals surface area contributed by atoms with Crippen molar-refractivity contribution in [1.82, 2.24) is 19.7 Å². The first-order chi connectivity index (χ1) is 19.7. The Bertz CT molecular complexity index is 1700. The molecule has 0 aliphatic carbocycles. The molecule has 10 heteroatoms. The molecule has 0 bridgehead atoms. The molecular formula is C31H25Cl2F2N5O. The first kappa shape index (κ1) is 28.3. The Morgan fingerprint density at radius 3 is 2.37 bits per heavy atom. The van der Waals surface area contributed by atoms with E-state index in [2.05, 4.69) is 10.2 Å². The number of rotatable bonds is 8. The number of benzene rings is 4. The molecule has 4 aromatic carbocycles. The molecule has 0 atom stereocenters. The van der Waals surface area contributed by atoms with Gasteiger partial charge in [-0.3, -0.25) is 4.79 Å². The zero-order chi connectivity index (χ0) is 29.1. The highest BCUT2D eigenvalue weighted by atomic mass is 35.5. The lowest BCUT2D eigenvalue weighted by Crippen LogP contribution is -2.32. The van der Waals surface area contributed by atoms with Crippen molar-refractivity contribution in [2.45, 2.75) is 26.6 Å². The van der Waals surface area contributed by atoms with Gasteiger partial charge in [-0.25, -0.2) is 8.78 Å². The summed E-state index contributed by atoms with van der Waals surface area (Å²) in [5.74, 6) is -1.32. The van der Waals surface area contributed by atoms with Crippen LogP contribution in [0.4, 0.5) is 14.5 Å². The normalized spacial score (nSPS) is 11.0. The topological polar surface area (TPSA) is 77.0 Å². The zero-order valence-corrected chi connectivity index (χ0v) is 23.5.